The second kappa shape index (κ2) is 16.9. The Labute approximate surface area is 391 Å². The molecule has 5 heteroatoms. The number of rotatable bonds is 6. The van der Waals surface area contributed by atoms with Gasteiger partial charge in [0.1, 0.15) is 11.6 Å². The molecule has 0 atom stereocenters. The molecule has 0 aliphatic heterocycles. The SMILES string of the molecule is [2H]c1c(-c2ccccc2)ccnc1-c1[c-]c(-c2cccc3c2nc(-c2cc(C(C)(C)C)cc(C(C)(C)C)c2O)n3-c2ccc(C(C)(C)C)cc2-c2ccccc2)cc(C(C)(C)C)c1.[Pt]. The number of phenolic OH excluding ortho intramolecular Hbond substituents is 1. The minimum atomic E-state index is -0.340. The third-order valence-electron chi connectivity index (χ3n) is 12.0. The Kier molecular flexibility index (Phi) is 11.8. The minimum Gasteiger partial charge on any atom is -0.507 e. The minimum absolute atomic E-state index is 0. The van der Waals surface area contributed by atoms with Gasteiger partial charge in [-0.3, -0.25) is 9.55 Å². The number of benzene rings is 6. The van der Waals surface area contributed by atoms with E-state index in [1.54, 1.807) is 6.20 Å². The number of hydrogen-bond donors (Lipinski definition) is 1. The Morgan fingerprint density at radius 1 is 0.540 bits per heavy atom. The van der Waals surface area contributed by atoms with Crippen LogP contribution in [0.2, 0.25) is 0 Å². The van der Waals surface area contributed by atoms with Gasteiger partial charge in [-0.15, -0.1) is 29.3 Å². The Morgan fingerprint density at radius 3 is 1.75 bits per heavy atom. The molecular formula is C58H60N3OPt-. The van der Waals surface area contributed by atoms with Gasteiger partial charge in [-0.05, 0) is 79.8 Å². The van der Waals surface area contributed by atoms with E-state index < -0.39 is 0 Å². The predicted octanol–water partition coefficient (Wildman–Crippen LogP) is 15.4. The van der Waals surface area contributed by atoms with Crippen molar-refractivity contribution in [2.24, 2.45) is 0 Å². The fourth-order valence-electron chi connectivity index (χ4n) is 8.18. The molecule has 2 heterocycles. The number of para-hydroxylation sites is 1. The van der Waals surface area contributed by atoms with Gasteiger partial charge >= 0.3 is 0 Å². The first-order valence-corrected chi connectivity index (χ1v) is 21.8. The maximum atomic E-state index is 12.5. The van der Waals surface area contributed by atoms with E-state index in [1.165, 1.54) is 5.56 Å². The van der Waals surface area contributed by atoms with Gasteiger partial charge in [0.15, 0.2) is 0 Å². The third-order valence-corrected chi connectivity index (χ3v) is 12.0. The summed E-state index contributed by atoms with van der Waals surface area (Å²) in [4.78, 5) is 10.5. The van der Waals surface area contributed by atoms with Crippen LogP contribution in [0.3, 0.4) is 0 Å². The van der Waals surface area contributed by atoms with Crippen LogP contribution in [0.15, 0.2) is 140 Å². The molecule has 0 aliphatic carbocycles. The van der Waals surface area contributed by atoms with E-state index in [-0.39, 0.29) is 48.5 Å². The molecule has 0 aliphatic rings. The van der Waals surface area contributed by atoms with Crippen LogP contribution in [0, 0.1) is 6.07 Å². The van der Waals surface area contributed by atoms with Crippen LogP contribution in [-0.4, -0.2) is 19.6 Å². The average Bonchev–Trinajstić information content (AvgIpc) is 3.62. The quantitative estimate of drug-likeness (QED) is 0.169. The summed E-state index contributed by atoms with van der Waals surface area (Å²) >= 11 is 0. The van der Waals surface area contributed by atoms with Crippen molar-refractivity contribution >= 4 is 11.0 Å². The first-order chi connectivity index (χ1) is 29.6. The standard InChI is InChI=1S/C58H60N3O.Pt/c1-55(2,3)42-26-27-50(46(34-42)38-22-17-14-18-23-38)61-51-25-19-24-45(52(51)60-54(61)47-35-44(57(7,8)9)36-48(53(47)62)58(10,11)12)40-30-41(32-43(31-40)56(4,5)6)49-33-39(28-29-59-49)37-20-15-13-16-21-37;/h13-29,31-36,62H,1-12H3;/q-1;/i33D;. The summed E-state index contributed by atoms with van der Waals surface area (Å²) in [6.07, 6.45) is 1.79. The third kappa shape index (κ3) is 9.11. The molecule has 8 rings (SSSR count). The largest absolute Gasteiger partial charge is 0.507 e. The number of aromatic hydroxyl groups is 1. The van der Waals surface area contributed by atoms with Crippen molar-refractivity contribution in [3.8, 4) is 67.5 Å². The topological polar surface area (TPSA) is 50.9 Å². The van der Waals surface area contributed by atoms with Gasteiger partial charge in [-0.25, -0.2) is 4.98 Å². The number of phenols is 1. The molecule has 4 nitrogen and oxygen atoms in total. The van der Waals surface area contributed by atoms with Crippen molar-refractivity contribution in [2.75, 3.05) is 0 Å². The number of imidazole rings is 1. The van der Waals surface area contributed by atoms with Crippen LogP contribution in [-0.2, 0) is 42.7 Å². The number of nitrogens with zero attached hydrogens (tertiary/aromatic N) is 3. The maximum absolute atomic E-state index is 12.5. The normalized spacial score (nSPS) is 12.6. The van der Waals surface area contributed by atoms with E-state index in [0.717, 1.165) is 72.4 Å². The summed E-state index contributed by atoms with van der Waals surface area (Å²) < 4.78 is 11.7. The van der Waals surface area contributed by atoms with E-state index in [0.29, 0.717) is 23.1 Å². The maximum Gasteiger partial charge on any atom is 0.148 e. The van der Waals surface area contributed by atoms with Crippen LogP contribution in [0.1, 0.15) is 107 Å². The molecule has 324 valence electrons. The van der Waals surface area contributed by atoms with Gasteiger partial charge in [0.05, 0.1) is 23.7 Å². The molecule has 1 N–H and O–H groups in total. The van der Waals surface area contributed by atoms with Crippen molar-refractivity contribution in [3.05, 3.63) is 168 Å². The summed E-state index contributed by atoms with van der Waals surface area (Å²) in [7, 11) is 0. The second-order valence-corrected chi connectivity index (χ2v) is 20.9. The zero-order valence-electron chi connectivity index (χ0n) is 39.8. The van der Waals surface area contributed by atoms with Crippen LogP contribution in [0.25, 0.3) is 72.7 Å². The van der Waals surface area contributed by atoms with Crippen LogP contribution in [0.5, 0.6) is 5.75 Å². The fourth-order valence-corrected chi connectivity index (χ4v) is 8.18. The first kappa shape index (κ1) is 44.1. The molecule has 0 amide bonds. The Bertz CT molecular complexity index is 2990. The number of hydrogen-bond acceptors (Lipinski definition) is 3. The van der Waals surface area contributed by atoms with Gasteiger partial charge in [0, 0.05) is 44.1 Å². The molecule has 0 bridgehead atoms. The van der Waals surface area contributed by atoms with E-state index >= 15 is 0 Å². The fraction of sp³-hybridized carbons (Fsp3) is 0.276. The molecule has 63 heavy (non-hydrogen) atoms. The Hall–Kier alpha value is -5.57. The van der Waals surface area contributed by atoms with E-state index in [4.69, 9.17) is 9.97 Å². The molecule has 2 aromatic heterocycles. The summed E-state index contributed by atoms with van der Waals surface area (Å²) in [6, 6.07) is 48.4. The Balaban J connectivity index is 0.00000612. The van der Waals surface area contributed by atoms with Gasteiger partial charge in [-0.2, -0.15) is 0 Å². The van der Waals surface area contributed by atoms with Crippen molar-refractivity contribution in [1.29, 1.82) is 0 Å². The number of aromatic nitrogens is 3. The summed E-state index contributed by atoms with van der Waals surface area (Å²) in [5.74, 6) is 0.891. The van der Waals surface area contributed by atoms with Crippen molar-refractivity contribution < 1.29 is 27.5 Å². The molecule has 0 spiro atoms. The van der Waals surface area contributed by atoms with Gasteiger partial charge in [0.25, 0.3) is 0 Å². The van der Waals surface area contributed by atoms with Crippen molar-refractivity contribution in [2.45, 2.75) is 105 Å². The monoisotopic (exact) mass is 1010 g/mol. The summed E-state index contributed by atoms with van der Waals surface area (Å²) in [5, 5.41) is 12.5. The van der Waals surface area contributed by atoms with Gasteiger partial charge in [-0.1, -0.05) is 185 Å². The average molecular weight is 1010 g/mol. The number of pyridine rings is 1. The molecule has 0 saturated heterocycles. The van der Waals surface area contributed by atoms with Crippen LogP contribution < -0.4 is 0 Å². The van der Waals surface area contributed by atoms with E-state index in [2.05, 4.69) is 185 Å². The van der Waals surface area contributed by atoms with Crippen LogP contribution in [0.4, 0.5) is 0 Å². The Morgan fingerprint density at radius 2 is 1.13 bits per heavy atom. The second-order valence-electron chi connectivity index (χ2n) is 20.9. The van der Waals surface area contributed by atoms with Crippen molar-refractivity contribution in [3.63, 3.8) is 0 Å². The van der Waals surface area contributed by atoms with Crippen LogP contribution >= 0.6 is 0 Å². The van der Waals surface area contributed by atoms with Gasteiger partial charge < -0.3 is 5.11 Å². The molecule has 0 fully saturated rings. The molecule has 0 radical (unpaired) electrons. The summed E-state index contributed by atoms with van der Waals surface area (Å²) in [5.41, 5.74) is 13.9. The first-order valence-electron chi connectivity index (χ1n) is 22.3. The zero-order valence-corrected chi connectivity index (χ0v) is 41.1. The summed E-state index contributed by atoms with van der Waals surface area (Å²) in [6.45, 7) is 26.5. The molecular weight excluding hydrogens is 950 g/mol. The molecule has 0 saturated carbocycles. The predicted molar refractivity (Wildman–Crippen MR) is 261 cm³/mol. The van der Waals surface area contributed by atoms with E-state index in [1.807, 2.05) is 36.4 Å². The van der Waals surface area contributed by atoms with Crippen molar-refractivity contribution in [1.82, 2.24) is 14.5 Å². The molecule has 8 aromatic rings. The van der Waals surface area contributed by atoms with Gasteiger partial charge in [0.2, 0.25) is 0 Å². The number of fused-ring (bicyclic) bond motifs is 1. The smallest absolute Gasteiger partial charge is 0.148 e. The molecule has 0 unspecified atom stereocenters. The molecule has 6 aromatic carbocycles. The zero-order chi connectivity index (χ0) is 45.2. The van der Waals surface area contributed by atoms with E-state index in [9.17, 15) is 6.48 Å².